The lowest BCUT2D eigenvalue weighted by Gasteiger charge is -2.24. The largest absolute Gasteiger partial charge is 0.450 e. The van der Waals surface area contributed by atoms with Gasteiger partial charge in [0.25, 0.3) is 5.91 Å². The van der Waals surface area contributed by atoms with Crippen LogP contribution >= 0.6 is 11.8 Å². The van der Waals surface area contributed by atoms with E-state index < -0.39 is 29.6 Å². The van der Waals surface area contributed by atoms with Gasteiger partial charge in [-0.25, -0.2) is 4.79 Å². The van der Waals surface area contributed by atoms with Crippen molar-refractivity contribution in [2.45, 2.75) is 31.0 Å². The second kappa shape index (κ2) is 7.97. The molecule has 0 fully saturated rings. The summed E-state index contributed by atoms with van der Waals surface area (Å²) in [5.74, 6) is -1.88. The molecule has 0 aromatic heterocycles. The maximum Gasteiger partial charge on any atom is 0.341 e. The van der Waals surface area contributed by atoms with E-state index >= 15 is 0 Å². The van der Waals surface area contributed by atoms with E-state index in [0.29, 0.717) is 5.75 Å². The van der Waals surface area contributed by atoms with Gasteiger partial charge in [-0.15, -0.1) is 0 Å². The van der Waals surface area contributed by atoms with Crippen molar-refractivity contribution in [3.05, 3.63) is 0 Å². The molecule has 0 heterocycles. The summed E-state index contributed by atoms with van der Waals surface area (Å²) in [4.78, 5) is 33.4. The first-order chi connectivity index (χ1) is 8.70. The average Bonchev–Trinajstić information content (AvgIpc) is 2.30. The van der Waals surface area contributed by atoms with Gasteiger partial charge >= 0.3 is 5.97 Å². The van der Waals surface area contributed by atoms with Crippen LogP contribution in [0.4, 0.5) is 0 Å². The Hall–Kier alpha value is -1.32. The summed E-state index contributed by atoms with van der Waals surface area (Å²) in [5.41, 5.74) is 19.5. The molecule has 1 unspecified atom stereocenters. The molecule has 0 aliphatic rings. The number of thioether (sulfide) groups is 1. The number of primary amides is 2. The van der Waals surface area contributed by atoms with Gasteiger partial charge in [0.05, 0.1) is 0 Å². The Labute approximate surface area is 115 Å². The minimum atomic E-state index is -1.69. The van der Waals surface area contributed by atoms with Crippen molar-refractivity contribution in [2.75, 3.05) is 12.0 Å². The molecule has 0 bridgehead atoms. The third-order valence-corrected chi connectivity index (χ3v) is 2.93. The second-order valence-electron chi connectivity index (χ2n) is 4.08. The molecule has 0 spiro atoms. The van der Waals surface area contributed by atoms with Crippen LogP contribution in [-0.4, -0.2) is 41.6 Å². The zero-order chi connectivity index (χ0) is 15.1. The molecule has 0 aromatic rings. The summed E-state index contributed by atoms with van der Waals surface area (Å²) in [6.45, 7) is 0. The lowest BCUT2D eigenvalue weighted by Crippen LogP contribution is -2.58. The highest BCUT2D eigenvalue weighted by Crippen LogP contribution is 2.10. The van der Waals surface area contributed by atoms with Crippen LogP contribution in [-0.2, 0) is 19.1 Å². The van der Waals surface area contributed by atoms with Gasteiger partial charge in [-0.2, -0.15) is 11.8 Å². The normalized spacial score (nSPS) is 12.8. The molecular formula is C10H20N4O4S. The molecule has 8 N–H and O–H groups in total. The van der Waals surface area contributed by atoms with Gasteiger partial charge < -0.3 is 27.7 Å². The number of rotatable bonds is 9. The lowest BCUT2D eigenvalue weighted by molar-refractivity contribution is -0.161. The van der Waals surface area contributed by atoms with E-state index in [1.54, 1.807) is 0 Å². The van der Waals surface area contributed by atoms with Crippen molar-refractivity contribution in [3.8, 4) is 0 Å². The van der Waals surface area contributed by atoms with Gasteiger partial charge in [0, 0.05) is 12.8 Å². The SMILES string of the molecule is CSCCC(N)(N)C(=O)OC(CCC(N)=O)C(N)=O. The lowest BCUT2D eigenvalue weighted by atomic mass is 10.1. The third kappa shape index (κ3) is 6.99. The number of carbonyl (C=O) groups is 3. The van der Waals surface area contributed by atoms with Gasteiger partial charge in [-0.3, -0.25) is 9.59 Å². The Balaban J connectivity index is 4.53. The first-order valence-electron chi connectivity index (χ1n) is 5.56. The number of esters is 1. The van der Waals surface area contributed by atoms with Crippen molar-refractivity contribution in [1.82, 2.24) is 0 Å². The summed E-state index contributed by atoms with van der Waals surface area (Å²) < 4.78 is 4.84. The van der Waals surface area contributed by atoms with Gasteiger partial charge in [0.2, 0.25) is 5.91 Å². The van der Waals surface area contributed by atoms with Crippen molar-refractivity contribution in [1.29, 1.82) is 0 Å². The van der Waals surface area contributed by atoms with Gasteiger partial charge in [-0.05, 0) is 18.4 Å². The van der Waals surface area contributed by atoms with Crippen LogP contribution in [0, 0.1) is 0 Å². The van der Waals surface area contributed by atoms with Gasteiger partial charge in [-0.1, -0.05) is 0 Å². The monoisotopic (exact) mass is 292 g/mol. The van der Waals surface area contributed by atoms with Crippen LogP contribution < -0.4 is 22.9 Å². The molecule has 0 radical (unpaired) electrons. The number of ether oxygens (including phenoxy) is 1. The summed E-state index contributed by atoms with van der Waals surface area (Å²) in [6.07, 6.45) is 0.540. The van der Waals surface area contributed by atoms with E-state index in [1.807, 2.05) is 6.26 Å². The molecule has 0 aromatic carbocycles. The topological polar surface area (TPSA) is 165 Å². The molecule has 2 amide bonds. The van der Waals surface area contributed by atoms with Crippen molar-refractivity contribution in [3.63, 3.8) is 0 Å². The quantitative estimate of drug-likeness (QED) is 0.282. The third-order valence-electron chi connectivity index (χ3n) is 2.32. The number of amides is 2. The van der Waals surface area contributed by atoms with Crippen LogP contribution in [0.5, 0.6) is 0 Å². The highest BCUT2D eigenvalue weighted by atomic mass is 32.2. The molecule has 0 saturated heterocycles. The Morgan fingerprint density at radius 1 is 1.26 bits per heavy atom. The second-order valence-corrected chi connectivity index (χ2v) is 5.07. The zero-order valence-corrected chi connectivity index (χ0v) is 11.6. The average molecular weight is 292 g/mol. The smallest absolute Gasteiger partial charge is 0.341 e. The van der Waals surface area contributed by atoms with Crippen LogP contribution in [0.25, 0.3) is 0 Å². The summed E-state index contributed by atoms with van der Waals surface area (Å²) in [6, 6.07) is 0. The maximum absolute atomic E-state index is 11.7. The molecule has 110 valence electrons. The summed E-state index contributed by atoms with van der Waals surface area (Å²) in [7, 11) is 0. The fraction of sp³-hybridized carbons (Fsp3) is 0.700. The Morgan fingerprint density at radius 3 is 2.26 bits per heavy atom. The molecule has 0 aliphatic carbocycles. The summed E-state index contributed by atoms with van der Waals surface area (Å²) in [5, 5.41) is 0. The predicted molar refractivity (Wildman–Crippen MR) is 71.6 cm³/mol. The Kier molecular flexibility index (Phi) is 7.42. The van der Waals surface area contributed by atoms with E-state index in [0.717, 1.165) is 0 Å². The van der Waals surface area contributed by atoms with Gasteiger partial charge in [0.1, 0.15) is 0 Å². The molecule has 0 rings (SSSR count). The first kappa shape index (κ1) is 17.7. The predicted octanol–water partition coefficient (Wildman–Crippen LogP) is -1.98. The van der Waals surface area contributed by atoms with Crippen molar-refractivity contribution in [2.24, 2.45) is 22.9 Å². The van der Waals surface area contributed by atoms with Crippen molar-refractivity contribution < 1.29 is 19.1 Å². The van der Waals surface area contributed by atoms with Crippen LogP contribution in [0.15, 0.2) is 0 Å². The van der Waals surface area contributed by atoms with Crippen molar-refractivity contribution >= 4 is 29.5 Å². The van der Waals surface area contributed by atoms with E-state index in [-0.39, 0.29) is 19.3 Å². The van der Waals surface area contributed by atoms with E-state index in [2.05, 4.69) is 0 Å². The molecule has 19 heavy (non-hydrogen) atoms. The maximum atomic E-state index is 11.7. The molecule has 0 saturated carbocycles. The standard InChI is InChI=1S/C10H20N4O4S/c1-19-5-4-10(13,14)9(17)18-6(8(12)16)2-3-7(11)15/h6H,2-5,13-14H2,1H3,(H2,11,15)(H2,12,16). The first-order valence-corrected chi connectivity index (χ1v) is 6.95. The minimum absolute atomic E-state index is 0.0883. The molecule has 9 heteroatoms. The Bertz CT molecular complexity index is 348. The number of carbonyl (C=O) groups excluding carboxylic acids is 3. The van der Waals surface area contributed by atoms with Crippen LogP contribution in [0.2, 0.25) is 0 Å². The van der Waals surface area contributed by atoms with E-state index in [1.165, 1.54) is 11.8 Å². The fourth-order valence-electron chi connectivity index (χ4n) is 1.14. The minimum Gasteiger partial charge on any atom is -0.450 e. The van der Waals surface area contributed by atoms with Crippen LogP contribution in [0.1, 0.15) is 19.3 Å². The highest BCUT2D eigenvalue weighted by Gasteiger charge is 2.33. The van der Waals surface area contributed by atoms with Gasteiger partial charge in [0.15, 0.2) is 11.8 Å². The molecular weight excluding hydrogens is 272 g/mol. The number of hydrogen-bond donors (Lipinski definition) is 4. The molecule has 0 aliphatic heterocycles. The zero-order valence-electron chi connectivity index (χ0n) is 10.8. The van der Waals surface area contributed by atoms with E-state index in [9.17, 15) is 14.4 Å². The Morgan fingerprint density at radius 2 is 1.84 bits per heavy atom. The number of hydrogen-bond acceptors (Lipinski definition) is 7. The fourth-order valence-corrected chi connectivity index (χ4v) is 1.69. The highest BCUT2D eigenvalue weighted by molar-refractivity contribution is 7.98. The number of nitrogens with two attached hydrogens (primary N) is 4. The van der Waals surface area contributed by atoms with E-state index in [4.69, 9.17) is 27.7 Å². The molecule has 8 nitrogen and oxygen atoms in total. The van der Waals surface area contributed by atoms with Crippen LogP contribution in [0.3, 0.4) is 0 Å². The molecule has 1 atom stereocenters. The summed E-state index contributed by atoms with van der Waals surface area (Å²) >= 11 is 1.46.